The number of aryl methyl sites for hydroxylation is 1. The highest BCUT2D eigenvalue weighted by Gasteiger charge is 2.52. The monoisotopic (exact) mass is 494 g/mol. The molecule has 0 bridgehead atoms. The zero-order valence-electron chi connectivity index (χ0n) is 16.8. The third kappa shape index (κ3) is 5.40. The van der Waals surface area contributed by atoms with Crippen LogP contribution in [0.3, 0.4) is 0 Å². The molecule has 7 nitrogen and oxygen atoms in total. The van der Waals surface area contributed by atoms with Crippen molar-refractivity contribution in [3.05, 3.63) is 48.2 Å². The molecule has 1 aliphatic rings. The molecule has 1 amide bonds. The first-order valence-electron chi connectivity index (χ1n) is 9.48. The SMILES string of the molecule is Cl.O=C(NO)C1(S(=O)(=O)c2ccc(-c3ccc(CCC(F)(F)F)cc3)nc2)CCOCC1. The van der Waals surface area contributed by atoms with E-state index < -0.39 is 33.1 Å². The zero-order valence-corrected chi connectivity index (χ0v) is 18.4. The first-order valence-corrected chi connectivity index (χ1v) is 11.0. The number of hydrogen-bond donors (Lipinski definition) is 2. The van der Waals surface area contributed by atoms with E-state index in [1.807, 2.05) is 0 Å². The van der Waals surface area contributed by atoms with Gasteiger partial charge in [-0.25, -0.2) is 13.9 Å². The number of rotatable bonds is 6. The van der Waals surface area contributed by atoms with E-state index in [4.69, 9.17) is 9.94 Å². The van der Waals surface area contributed by atoms with Crippen LogP contribution < -0.4 is 5.48 Å². The van der Waals surface area contributed by atoms with Gasteiger partial charge in [-0.15, -0.1) is 12.4 Å². The summed E-state index contributed by atoms with van der Waals surface area (Å²) in [6.07, 6.45) is -4.36. The number of nitrogens with one attached hydrogen (secondary N) is 1. The molecule has 0 unspecified atom stereocenters. The molecule has 1 aromatic heterocycles. The Morgan fingerprint density at radius 2 is 1.75 bits per heavy atom. The van der Waals surface area contributed by atoms with Crippen LogP contribution in [0.2, 0.25) is 0 Å². The lowest BCUT2D eigenvalue weighted by Crippen LogP contribution is -2.54. The van der Waals surface area contributed by atoms with Crippen LogP contribution in [0.4, 0.5) is 13.2 Å². The van der Waals surface area contributed by atoms with E-state index >= 15 is 0 Å². The number of carbonyl (C=O) groups is 1. The molecule has 2 heterocycles. The van der Waals surface area contributed by atoms with Crippen LogP contribution in [0.25, 0.3) is 11.3 Å². The summed E-state index contributed by atoms with van der Waals surface area (Å²) < 4.78 is 66.7. The molecule has 2 N–H and O–H groups in total. The van der Waals surface area contributed by atoms with Crippen LogP contribution in [-0.2, 0) is 25.8 Å². The Morgan fingerprint density at radius 3 is 2.25 bits per heavy atom. The number of halogens is 4. The Labute approximate surface area is 189 Å². The molecule has 0 saturated carbocycles. The summed E-state index contributed by atoms with van der Waals surface area (Å²) >= 11 is 0. The summed E-state index contributed by atoms with van der Waals surface area (Å²) in [6.45, 7) is 0.109. The molecule has 32 heavy (non-hydrogen) atoms. The van der Waals surface area contributed by atoms with Crippen LogP contribution in [0.5, 0.6) is 0 Å². The van der Waals surface area contributed by atoms with E-state index in [9.17, 15) is 26.4 Å². The Kier molecular flexibility index (Phi) is 8.27. The zero-order chi connectivity index (χ0) is 22.7. The van der Waals surface area contributed by atoms with Gasteiger partial charge < -0.3 is 4.74 Å². The van der Waals surface area contributed by atoms with Crippen LogP contribution in [0.15, 0.2) is 47.5 Å². The number of benzene rings is 1. The van der Waals surface area contributed by atoms with Gasteiger partial charge in [-0.2, -0.15) is 13.2 Å². The lowest BCUT2D eigenvalue weighted by molar-refractivity contribution is -0.135. The largest absolute Gasteiger partial charge is 0.389 e. The summed E-state index contributed by atoms with van der Waals surface area (Å²) in [7, 11) is -4.18. The predicted molar refractivity (Wildman–Crippen MR) is 111 cm³/mol. The number of alkyl halides is 3. The molecular formula is C20H22ClF3N2O5S. The predicted octanol–water partition coefficient (Wildman–Crippen LogP) is 3.49. The maximum atomic E-state index is 13.2. The number of nitrogens with zero attached hydrogens (tertiary/aromatic N) is 1. The number of aromatic nitrogens is 1. The lowest BCUT2D eigenvalue weighted by atomic mass is 9.98. The van der Waals surface area contributed by atoms with Gasteiger partial charge in [0.15, 0.2) is 14.6 Å². The summed E-state index contributed by atoms with van der Waals surface area (Å²) in [5.41, 5.74) is 3.00. The van der Waals surface area contributed by atoms with Crippen molar-refractivity contribution >= 4 is 28.2 Å². The standard InChI is InChI=1S/C20H21F3N2O5S.ClH/c21-20(22,23)8-7-14-1-3-15(4-2-14)17-6-5-16(13-24-17)31(28,29)19(18(26)25-27)9-11-30-12-10-19;/h1-6,13,27H,7-12H2,(H,25,26);1H. The van der Waals surface area contributed by atoms with Gasteiger partial charge in [0.2, 0.25) is 0 Å². The normalized spacial score (nSPS) is 16.1. The Morgan fingerprint density at radius 1 is 1.12 bits per heavy atom. The molecule has 0 radical (unpaired) electrons. The minimum absolute atomic E-state index is 0. The summed E-state index contributed by atoms with van der Waals surface area (Å²) in [6, 6.07) is 9.13. The Hall–Kier alpha value is -2.21. The van der Waals surface area contributed by atoms with Gasteiger partial charge in [0, 0.05) is 31.4 Å². The molecule has 3 rings (SSSR count). The maximum Gasteiger partial charge on any atom is 0.389 e. The number of sulfone groups is 1. The van der Waals surface area contributed by atoms with Crippen molar-refractivity contribution in [2.24, 2.45) is 0 Å². The number of ether oxygens (including phenoxy) is 1. The van der Waals surface area contributed by atoms with Crippen molar-refractivity contribution in [2.45, 2.75) is 41.5 Å². The van der Waals surface area contributed by atoms with Crippen molar-refractivity contribution in [1.82, 2.24) is 10.5 Å². The second kappa shape index (κ2) is 10.2. The molecular weight excluding hydrogens is 473 g/mol. The second-order valence-electron chi connectivity index (χ2n) is 7.24. The smallest absolute Gasteiger partial charge is 0.381 e. The molecule has 0 aliphatic carbocycles. The molecule has 1 fully saturated rings. The fourth-order valence-corrected chi connectivity index (χ4v) is 5.37. The van der Waals surface area contributed by atoms with Crippen molar-refractivity contribution in [1.29, 1.82) is 0 Å². The first kappa shape index (κ1) is 26.0. The summed E-state index contributed by atoms with van der Waals surface area (Å²) in [4.78, 5) is 16.2. The molecule has 2 aromatic rings. The molecule has 1 saturated heterocycles. The van der Waals surface area contributed by atoms with Gasteiger partial charge in [-0.3, -0.25) is 15.0 Å². The van der Waals surface area contributed by atoms with Crippen LogP contribution in [0.1, 0.15) is 24.8 Å². The Bertz CT molecular complexity index is 1020. The van der Waals surface area contributed by atoms with Crippen LogP contribution in [0, 0.1) is 0 Å². The van der Waals surface area contributed by atoms with E-state index in [0.29, 0.717) is 16.8 Å². The average molecular weight is 495 g/mol. The van der Waals surface area contributed by atoms with E-state index in [1.54, 1.807) is 24.3 Å². The van der Waals surface area contributed by atoms with Gasteiger partial charge in [-0.05, 0) is 37.0 Å². The van der Waals surface area contributed by atoms with E-state index in [1.165, 1.54) is 17.6 Å². The average Bonchev–Trinajstić information content (AvgIpc) is 2.77. The molecule has 1 aliphatic heterocycles. The fraction of sp³-hybridized carbons (Fsp3) is 0.400. The number of hydroxylamine groups is 1. The third-order valence-corrected chi connectivity index (χ3v) is 7.81. The van der Waals surface area contributed by atoms with Crippen LogP contribution in [-0.4, -0.2) is 48.7 Å². The number of amides is 1. The van der Waals surface area contributed by atoms with Crippen molar-refractivity contribution in [3.8, 4) is 11.3 Å². The van der Waals surface area contributed by atoms with E-state index in [2.05, 4.69) is 4.98 Å². The molecule has 176 valence electrons. The van der Waals surface area contributed by atoms with Gasteiger partial charge in [0.25, 0.3) is 5.91 Å². The second-order valence-corrected chi connectivity index (χ2v) is 9.50. The molecule has 12 heteroatoms. The number of pyridine rings is 1. The van der Waals surface area contributed by atoms with Gasteiger partial charge in [0.1, 0.15) is 0 Å². The maximum absolute atomic E-state index is 13.2. The summed E-state index contributed by atoms with van der Waals surface area (Å²) in [5, 5.41) is 9.08. The van der Waals surface area contributed by atoms with Crippen LogP contribution >= 0.6 is 12.4 Å². The minimum Gasteiger partial charge on any atom is -0.381 e. The number of carbonyl (C=O) groups excluding carboxylic acids is 1. The minimum atomic E-state index is -4.23. The number of hydrogen-bond acceptors (Lipinski definition) is 6. The van der Waals surface area contributed by atoms with Gasteiger partial charge in [-0.1, -0.05) is 24.3 Å². The quantitative estimate of drug-likeness (QED) is 0.470. The van der Waals surface area contributed by atoms with E-state index in [0.717, 1.165) is 6.20 Å². The summed E-state index contributed by atoms with van der Waals surface area (Å²) in [5.74, 6) is -1.02. The fourth-order valence-electron chi connectivity index (χ4n) is 3.48. The topological polar surface area (TPSA) is 106 Å². The van der Waals surface area contributed by atoms with Crippen molar-refractivity contribution in [2.75, 3.05) is 13.2 Å². The highest BCUT2D eigenvalue weighted by molar-refractivity contribution is 7.93. The van der Waals surface area contributed by atoms with Crippen molar-refractivity contribution < 1.29 is 36.3 Å². The lowest BCUT2D eigenvalue weighted by Gasteiger charge is -2.34. The molecule has 0 atom stereocenters. The first-order chi connectivity index (χ1) is 14.6. The van der Waals surface area contributed by atoms with Gasteiger partial charge >= 0.3 is 6.18 Å². The van der Waals surface area contributed by atoms with E-state index in [-0.39, 0.29) is 49.8 Å². The highest BCUT2D eigenvalue weighted by atomic mass is 35.5. The van der Waals surface area contributed by atoms with Crippen molar-refractivity contribution in [3.63, 3.8) is 0 Å². The van der Waals surface area contributed by atoms with Gasteiger partial charge in [0.05, 0.1) is 10.6 Å². The molecule has 1 aromatic carbocycles. The Balaban J connectivity index is 0.00000363. The third-order valence-electron chi connectivity index (χ3n) is 5.32. The highest BCUT2D eigenvalue weighted by Crippen LogP contribution is 2.35. The molecule has 0 spiro atoms.